The molecule has 2 rings (SSSR count). The van der Waals surface area contributed by atoms with Gasteiger partial charge in [-0.3, -0.25) is 0 Å². The maximum absolute atomic E-state index is 6.00. The van der Waals surface area contributed by atoms with Gasteiger partial charge in [0.25, 0.3) is 0 Å². The highest BCUT2D eigenvalue weighted by Gasteiger charge is 2.41. The summed E-state index contributed by atoms with van der Waals surface area (Å²) in [6.07, 6.45) is 3.23. The summed E-state index contributed by atoms with van der Waals surface area (Å²) in [5.74, 6) is 1.38. The Morgan fingerprint density at radius 3 is 2.63 bits per heavy atom. The minimum absolute atomic E-state index is 0.0242. The van der Waals surface area contributed by atoms with Crippen LogP contribution in [0.1, 0.15) is 45.7 Å². The highest BCUT2D eigenvalue weighted by molar-refractivity contribution is 5.33. The smallest absolute Gasteiger partial charge is 0.223 e. The average Bonchev–Trinajstić information content (AvgIpc) is 3.05. The molecule has 5 heteroatoms. The molecule has 1 aliphatic rings. The van der Waals surface area contributed by atoms with Crippen LogP contribution in [-0.2, 0) is 5.41 Å². The standard InChI is InChI=1S/C14H24N4O/c1-9(2)6-10(15)8-19-12-7-11(14(3)4-5-14)17-13(16)18-12/h7,9-10H,4-6,8,15H2,1-3H3,(H2,16,17,18)/t10-/m1/s1. The van der Waals surface area contributed by atoms with Crippen LogP contribution >= 0.6 is 0 Å². The zero-order valence-electron chi connectivity index (χ0n) is 12.0. The molecule has 0 saturated heterocycles. The van der Waals surface area contributed by atoms with Crippen molar-refractivity contribution in [1.29, 1.82) is 0 Å². The van der Waals surface area contributed by atoms with Gasteiger partial charge < -0.3 is 16.2 Å². The summed E-state index contributed by atoms with van der Waals surface area (Å²) in [5.41, 5.74) is 12.9. The largest absolute Gasteiger partial charge is 0.476 e. The number of aromatic nitrogens is 2. The molecule has 5 nitrogen and oxygen atoms in total. The van der Waals surface area contributed by atoms with Crippen molar-refractivity contribution in [2.24, 2.45) is 11.7 Å². The van der Waals surface area contributed by atoms with E-state index in [4.69, 9.17) is 16.2 Å². The monoisotopic (exact) mass is 264 g/mol. The van der Waals surface area contributed by atoms with Gasteiger partial charge in [0.15, 0.2) is 0 Å². The van der Waals surface area contributed by atoms with Crippen molar-refractivity contribution in [2.45, 2.75) is 51.5 Å². The molecule has 1 aromatic heterocycles. The Kier molecular flexibility index (Phi) is 3.94. The van der Waals surface area contributed by atoms with Gasteiger partial charge in [0, 0.05) is 17.5 Å². The zero-order valence-corrected chi connectivity index (χ0v) is 12.0. The molecule has 0 unspecified atom stereocenters. The minimum Gasteiger partial charge on any atom is -0.476 e. The van der Waals surface area contributed by atoms with Gasteiger partial charge in [-0.15, -0.1) is 0 Å². The third kappa shape index (κ3) is 3.80. The average molecular weight is 264 g/mol. The molecule has 0 bridgehead atoms. The lowest BCUT2D eigenvalue weighted by Gasteiger charge is -2.16. The van der Waals surface area contributed by atoms with Crippen LogP contribution in [-0.4, -0.2) is 22.6 Å². The number of nitrogens with zero attached hydrogens (tertiary/aromatic N) is 2. The van der Waals surface area contributed by atoms with Gasteiger partial charge >= 0.3 is 0 Å². The van der Waals surface area contributed by atoms with Crippen LogP contribution < -0.4 is 16.2 Å². The van der Waals surface area contributed by atoms with Crippen molar-refractivity contribution >= 4 is 5.95 Å². The molecule has 0 aromatic carbocycles. The van der Waals surface area contributed by atoms with Gasteiger partial charge in [-0.2, -0.15) is 4.98 Å². The molecule has 19 heavy (non-hydrogen) atoms. The Morgan fingerprint density at radius 1 is 1.37 bits per heavy atom. The third-order valence-electron chi connectivity index (χ3n) is 3.56. The highest BCUT2D eigenvalue weighted by Crippen LogP contribution is 2.47. The molecule has 1 heterocycles. The summed E-state index contributed by atoms with van der Waals surface area (Å²) in [5, 5.41) is 0. The van der Waals surface area contributed by atoms with Crippen molar-refractivity contribution in [3.63, 3.8) is 0 Å². The van der Waals surface area contributed by atoms with Gasteiger partial charge in [-0.05, 0) is 25.2 Å². The van der Waals surface area contributed by atoms with Gasteiger partial charge in [0.05, 0.1) is 5.69 Å². The van der Waals surface area contributed by atoms with Gasteiger partial charge in [0.2, 0.25) is 11.8 Å². The first-order valence-electron chi connectivity index (χ1n) is 6.92. The molecule has 4 N–H and O–H groups in total. The van der Waals surface area contributed by atoms with E-state index in [1.807, 2.05) is 6.07 Å². The van der Waals surface area contributed by atoms with E-state index >= 15 is 0 Å². The lowest BCUT2D eigenvalue weighted by molar-refractivity contribution is 0.261. The number of anilines is 1. The first-order valence-corrected chi connectivity index (χ1v) is 6.92. The van der Waals surface area contributed by atoms with Crippen LogP contribution in [0, 0.1) is 5.92 Å². The maximum atomic E-state index is 6.00. The van der Waals surface area contributed by atoms with E-state index in [1.165, 1.54) is 0 Å². The van der Waals surface area contributed by atoms with Gasteiger partial charge in [-0.25, -0.2) is 4.98 Å². The summed E-state index contributed by atoms with van der Waals surface area (Å²) in [4.78, 5) is 8.41. The molecular weight excluding hydrogens is 240 g/mol. The second-order valence-electron chi connectivity index (χ2n) is 6.21. The van der Waals surface area contributed by atoms with Crippen LogP contribution in [0.3, 0.4) is 0 Å². The highest BCUT2D eigenvalue weighted by atomic mass is 16.5. The number of ether oxygens (including phenoxy) is 1. The molecule has 0 aliphatic heterocycles. The fraction of sp³-hybridized carbons (Fsp3) is 0.714. The lowest BCUT2D eigenvalue weighted by atomic mass is 10.1. The Bertz CT molecular complexity index is 443. The molecule has 0 spiro atoms. The van der Waals surface area contributed by atoms with E-state index in [0.717, 1.165) is 25.0 Å². The first-order chi connectivity index (χ1) is 8.89. The van der Waals surface area contributed by atoms with E-state index < -0.39 is 0 Å². The van der Waals surface area contributed by atoms with Gasteiger partial charge in [0.1, 0.15) is 6.61 Å². The summed E-state index contributed by atoms with van der Waals surface area (Å²) < 4.78 is 5.66. The fourth-order valence-corrected chi connectivity index (χ4v) is 2.14. The van der Waals surface area contributed by atoms with E-state index in [0.29, 0.717) is 18.4 Å². The van der Waals surface area contributed by atoms with Crippen molar-refractivity contribution in [2.75, 3.05) is 12.3 Å². The Labute approximate surface area is 114 Å². The summed E-state index contributed by atoms with van der Waals surface area (Å²) in [6, 6.07) is 1.92. The Morgan fingerprint density at radius 2 is 2.05 bits per heavy atom. The quantitative estimate of drug-likeness (QED) is 0.819. The van der Waals surface area contributed by atoms with E-state index in [1.54, 1.807) is 0 Å². The molecule has 1 aromatic rings. The SMILES string of the molecule is CC(C)C[C@@H](N)COc1cc(C2(C)CC2)nc(N)n1. The van der Waals surface area contributed by atoms with E-state index in [-0.39, 0.29) is 17.4 Å². The van der Waals surface area contributed by atoms with Crippen LogP contribution in [0.25, 0.3) is 0 Å². The number of nitrogens with two attached hydrogens (primary N) is 2. The van der Waals surface area contributed by atoms with Gasteiger partial charge in [-0.1, -0.05) is 20.8 Å². The lowest BCUT2D eigenvalue weighted by Crippen LogP contribution is -2.29. The normalized spacial score (nSPS) is 18.4. The zero-order chi connectivity index (χ0) is 14.0. The molecule has 0 amide bonds. The van der Waals surface area contributed by atoms with E-state index in [2.05, 4.69) is 30.7 Å². The summed E-state index contributed by atoms with van der Waals surface area (Å²) >= 11 is 0. The van der Waals surface area contributed by atoms with Crippen molar-refractivity contribution in [1.82, 2.24) is 9.97 Å². The third-order valence-corrected chi connectivity index (χ3v) is 3.56. The van der Waals surface area contributed by atoms with Crippen LogP contribution in [0.15, 0.2) is 6.07 Å². The number of hydrogen-bond acceptors (Lipinski definition) is 5. The Balaban J connectivity index is 1.98. The molecule has 0 radical (unpaired) electrons. The fourth-order valence-electron chi connectivity index (χ4n) is 2.14. The summed E-state index contributed by atoms with van der Waals surface area (Å²) in [7, 11) is 0. The van der Waals surface area contributed by atoms with Crippen LogP contribution in [0.5, 0.6) is 5.88 Å². The molecule has 1 fully saturated rings. The summed E-state index contributed by atoms with van der Waals surface area (Å²) in [6.45, 7) is 6.94. The second kappa shape index (κ2) is 5.33. The van der Waals surface area contributed by atoms with Crippen molar-refractivity contribution in [3.8, 4) is 5.88 Å². The van der Waals surface area contributed by atoms with E-state index in [9.17, 15) is 0 Å². The Hall–Kier alpha value is -1.36. The van der Waals surface area contributed by atoms with Crippen molar-refractivity contribution in [3.05, 3.63) is 11.8 Å². The molecule has 1 saturated carbocycles. The van der Waals surface area contributed by atoms with Crippen LogP contribution in [0.4, 0.5) is 5.95 Å². The number of hydrogen-bond donors (Lipinski definition) is 2. The number of rotatable bonds is 6. The molecule has 1 atom stereocenters. The molecular formula is C14H24N4O. The van der Waals surface area contributed by atoms with Crippen LogP contribution in [0.2, 0.25) is 0 Å². The topological polar surface area (TPSA) is 87.0 Å². The number of nitrogen functional groups attached to an aromatic ring is 1. The molecule has 1 aliphatic carbocycles. The predicted molar refractivity (Wildman–Crippen MR) is 76.0 cm³/mol. The molecule has 106 valence electrons. The second-order valence-corrected chi connectivity index (χ2v) is 6.21. The minimum atomic E-state index is 0.0242. The maximum Gasteiger partial charge on any atom is 0.223 e. The van der Waals surface area contributed by atoms with Crippen molar-refractivity contribution < 1.29 is 4.74 Å². The first kappa shape index (κ1) is 14.1. The predicted octanol–water partition coefficient (Wildman–Crippen LogP) is 1.86.